The molecule has 0 rings (SSSR count). The van der Waals surface area contributed by atoms with Crippen LogP contribution in [0.2, 0.25) is 0 Å². The molecule has 0 saturated heterocycles. The standard InChI is InChI=1S/C56H109NO5/c1-3-5-7-9-11-13-15-16-17-18-19-20-24-27-30-34-38-42-46-50-56(61)62-51-47-43-39-35-31-28-25-22-21-23-26-29-33-37-41-45-49-55(60)57-53(52-58)54(59)48-44-40-36-32-14-12-10-8-6-4-2/h44,48,53-54,58-59H,3-43,45-47,49-52H2,1-2H3,(H,57,60)/b48-44+. The van der Waals surface area contributed by atoms with Crippen LogP contribution in [-0.2, 0) is 14.3 Å². The molecule has 0 bridgehead atoms. The highest BCUT2D eigenvalue weighted by atomic mass is 16.5. The Balaban J connectivity index is 3.38. The first-order chi connectivity index (χ1) is 30.5. The Morgan fingerprint density at radius 2 is 0.742 bits per heavy atom. The highest BCUT2D eigenvalue weighted by Gasteiger charge is 2.18. The van der Waals surface area contributed by atoms with Gasteiger partial charge in [-0.2, -0.15) is 0 Å². The lowest BCUT2D eigenvalue weighted by atomic mass is 10.0. The molecule has 0 fully saturated rings. The number of allylic oxidation sites excluding steroid dienone is 1. The molecule has 3 N–H and O–H groups in total. The van der Waals surface area contributed by atoms with Gasteiger partial charge in [0, 0.05) is 12.8 Å². The van der Waals surface area contributed by atoms with Gasteiger partial charge >= 0.3 is 5.97 Å². The number of rotatable bonds is 52. The highest BCUT2D eigenvalue weighted by Crippen LogP contribution is 2.17. The minimum absolute atomic E-state index is 0.00694. The molecule has 0 aromatic rings. The number of carbonyl (C=O) groups is 2. The molecule has 2 unspecified atom stereocenters. The maximum atomic E-state index is 12.4. The topological polar surface area (TPSA) is 95.9 Å². The van der Waals surface area contributed by atoms with Gasteiger partial charge in [-0.25, -0.2) is 0 Å². The third-order valence-corrected chi connectivity index (χ3v) is 13.1. The van der Waals surface area contributed by atoms with Crippen LogP contribution in [0.5, 0.6) is 0 Å². The lowest BCUT2D eigenvalue weighted by molar-refractivity contribution is -0.143. The van der Waals surface area contributed by atoms with Crippen molar-refractivity contribution in [3.63, 3.8) is 0 Å². The fourth-order valence-corrected chi connectivity index (χ4v) is 8.75. The van der Waals surface area contributed by atoms with Gasteiger partial charge in [0.15, 0.2) is 0 Å². The summed E-state index contributed by atoms with van der Waals surface area (Å²) in [5.74, 6) is -0.0686. The molecular formula is C56H109NO5. The molecule has 2 atom stereocenters. The van der Waals surface area contributed by atoms with Crippen LogP contribution < -0.4 is 5.32 Å². The second-order valence-electron chi connectivity index (χ2n) is 19.3. The number of esters is 1. The van der Waals surface area contributed by atoms with Crippen LogP contribution in [0, 0.1) is 0 Å². The van der Waals surface area contributed by atoms with Crippen molar-refractivity contribution in [2.24, 2.45) is 0 Å². The Kier molecular flexibility index (Phi) is 51.0. The van der Waals surface area contributed by atoms with Crippen molar-refractivity contribution in [1.82, 2.24) is 5.32 Å². The minimum Gasteiger partial charge on any atom is -0.466 e. The third-order valence-electron chi connectivity index (χ3n) is 13.1. The van der Waals surface area contributed by atoms with Gasteiger partial charge in [-0.3, -0.25) is 9.59 Å². The molecule has 6 nitrogen and oxygen atoms in total. The van der Waals surface area contributed by atoms with E-state index in [2.05, 4.69) is 19.2 Å². The number of unbranched alkanes of at least 4 members (excludes halogenated alkanes) is 41. The third kappa shape index (κ3) is 48.1. The van der Waals surface area contributed by atoms with Crippen molar-refractivity contribution in [1.29, 1.82) is 0 Å². The van der Waals surface area contributed by atoms with Crippen molar-refractivity contribution in [2.45, 2.75) is 321 Å². The van der Waals surface area contributed by atoms with E-state index in [1.54, 1.807) is 6.08 Å². The van der Waals surface area contributed by atoms with E-state index in [4.69, 9.17) is 4.74 Å². The molecule has 0 saturated carbocycles. The van der Waals surface area contributed by atoms with Crippen LogP contribution in [0.1, 0.15) is 309 Å². The van der Waals surface area contributed by atoms with Crippen LogP contribution in [-0.4, -0.2) is 47.4 Å². The summed E-state index contributed by atoms with van der Waals surface area (Å²) in [5.41, 5.74) is 0. The minimum atomic E-state index is -0.846. The number of hydrogen-bond donors (Lipinski definition) is 3. The maximum absolute atomic E-state index is 12.4. The molecule has 0 heterocycles. The number of hydrogen-bond acceptors (Lipinski definition) is 5. The van der Waals surface area contributed by atoms with E-state index in [9.17, 15) is 19.8 Å². The van der Waals surface area contributed by atoms with Gasteiger partial charge in [0.1, 0.15) is 0 Å². The second-order valence-corrected chi connectivity index (χ2v) is 19.3. The Labute approximate surface area is 387 Å². The lowest BCUT2D eigenvalue weighted by Crippen LogP contribution is -2.45. The van der Waals surface area contributed by atoms with Crippen LogP contribution in [0.4, 0.5) is 0 Å². The quantitative estimate of drug-likeness (QED) is 0.0321. The second kappa shape index (κ2) is 52.2. The average Bonchev–Trinajstić information content (AvgIpc) is 3.27. The molecule has 1 amide bonds. The summed E-state index contributed by atoms with van der Waals surface area (Å²) in [7, 11) is 0. The zero-order valence-corrected chi connectivity index (χ0v) is 41.9. The summed E-state index contributed by atoms with van der Waals surface area (Å²) < 4.78 is 5.49. The van der Waals surface area contributed by atoms with E-state index >= 15 is 0 Å². The van der Waals surface area contributed by atoms with E-state index in [-0.39, 0.29) is 18.5 Å². The van der Waals surface area contributed by atoms with Crippen molar-refractivity contribution in [3.05, 3.63) is 12.2 Å². The fraction of sp³-hybridized carbons (Fsp3) is 0.929. The summed E-state index contributed by atoms with van der Waals surface area (Å²) in [6.07, 6.45) is 60.9. The number of nitrogens with one attached hydrogen (secondary N) is 1. The van der Waals surface area contributed by atoms with Crippen molar-refractivity contribution >= 4 is 11.9 Å². The maximum Gasteiger partial charge on any atom is 0.305 e. The van der Waals surface area contributed by atoms with Crippen LogP contribution >= 0.6 is 0 Å². The molecule has 62 heavy (non-hydrogen) atoms. The number of aliphatic hydroxyl groups is 2. The van der Waals surface area contributed by atoms with Gasteiger partial charge in [-0.1, -0.05) is 276 Å². The molecule has 6 heteroatoms. The van der Waals surface area contributed by atoms with E-state index in [0.717, 1.165) is 44.9 Å². The smallest absolute Gasteiger partial charge is 0.305 e. The zero-order chi connectivity index (χ0) is 45.1. The molecular weight excluding hydrogens is 767 g/mol. The number of amides is 1. The summed E-state index contributed by atoms with van der Waals surface area (Å²) in [4.78, 5) is 24.5. The van der Waals surface area contributed by atoms with Crippen LogP contribution in [0.3, 0.4) is 0 Å². The van der Waals surface area contributed by atoms with Crippen molar-refractivity contribution in [3.8, 4) is 0 Å². The van der Waals surface area contributed by atoms with Gasteiger partial charge < -0.3 is 20.3 Å². The van der Waals surface area contributed by atoms with Crippen LogP contribution in [0.25, 0.3) is 0 Å². The average molecular weight is 876 g/mol. The zero-order valence-electron chi connectivity index (χ0n) is 41.9. The molecule has 0 aromatic heterocycles. The van der Waals surface area contributed by atoms with Gasteiger partial charge in [-0.05, 0) is 32.1 Å². The van der Waals surface area contributed by atoms with Crippen LogP contribution in [0.15, 0.2) is 12.2 Å². The fourth-order valence-electron chi connectivity index (χ4n) is 8.75. The van der Waals surface area contributed by atoms with Gasteiger partial charge in [0.05, 0.1) is 25.4 Å². The number of ether oxygens (including phenoxy) is 1. The number of aliphatic hydroxyl groups excluding tert-OH is 2. The van der Waals surface area contributed by atoms with E-state index in [1.165, 1.54) is 238 Å². The molecule has 0 spiro atoms. The SMILES string of the molecule is CCCCCCCCCC/C=C/C(O)C(CO)NC(=O)CCCCCCCCCCCCCCCCCCOC(=O)CCCCCCCCCCCCCCCCCCCCC. The first-order valence-electron chi connectivity index (χ1n) is 28.0. The first kappa shape index (κ1) is 60.6. The van der Waals surface area contributed by atoms with Gasteiger partial charge in [0.2, 0.25) is 5.91 Å². The molecule has 0 radical (unpaired) electrons. The summed E-state index contributed by atoms with van der Waals surface area (Å²) in [6, 6.07) is -0.630. The molecule has 0 aliphatic heterocycles. The molecule has 0 aliphatic rings. The summed E-state index contributed by atoms with van der Waals surface area (Å²) >= 11 is 0. The van der Waals surface area contributed by atoms with E-state index in [1.807, 2.05) is 6.08 Å². The lowest BCUT2D eigenvalue weighted by Gasteiger charge is -2.20. The Hall–Kier alpha value is -1.40. The number of carbonyl (C=O) groups excluding carboxylic acids is 2. The van der Waals surface area contributed by atoms with Crippen molar-refractivity contribution < 1.29 is 24.5 Å². The van der Waals surface area contributed by atoms with E-state index in [0.29, 0.717) is 19.4 Å². The Bertz CT molecular complexity index is 924. The van der Waals surface area contributed by atoms with Gasteiger partial charge in [-0.15, -0.1) is 0 Å². The Morgan fingerprint density at radius 3 is 1.10 bits per heavy atom. The molecule has 368 valence electrons. The Morgan fingerprint density at radius 1 is 0.435 bits per heavy atom. The van der Waals surface area contributed by atoms with E-state index < -0.39 is 12.1 Å². The van der Waals surface area contributed by atoms with Gasteiger partial charge in [0.25, 0.3) is 0 Å². The van der Waals surface area contributed by atoms with Crippen molar-refractivity contribution in [2.75, 3.05) is 13.2 Å². The predicted molar refractivity (Wildman–Crippen MR) is 269 cm³/mol. The molecule has 0 aromatic carbocycles. The predicted octanol–water partition coefficient (Wildman–Crippen LogP) is 16.9. The summed E-state index contributed by atoms with van der Waals surface area (Å²) in [6.45, 7) is 4.89. The normalized spacial score (nSPS) is 12.6. The largest absolute Gasteiger partial charge is 0.466 e. The molecule has 0 aliphatic carbocycles. The highest BCUT2D eigenvalue weighted by molar-refractivity contribution is 5.76. The summed E-state index contributed by atoms with van der Waals surface area (Å²) in [5, 5.41) is 23.0. The first-order valence-corrected chi connectivity index (χ1v) is 28.0. The monoisotopic (exact) mass is 876 g/mol.